The van der Waals surface area contributed by atoms with Gasteiger partial charge in [-0.25, -0.2) is 0 Å². The summed E-state index contributed by atoms with van der Waals surface area (Å²) in [7, 11) is 1.59. The van der Waals surface area contributed by atoms with Crippen molar-refractivity contribution >= 4 is 5.91 Å². The highest BCUT2D eigenvalue weighted by Crippen LogP contribution is 2.08. The Morgan fingerprint density at radius 1 is 1.57 bits per heavy atom. The second-order valence-corrected chi connectivity index (χ2v) is 3.33. The van der Waals surface area contributed by atoms with Gasteiger partial charge in [0.15, 0.2) is 0 Å². The van der Waals surface area contributed by atoms with Gasteiger partial charge >= 0.3 is 0 Å². The summed E-state index contributed by atoms with van der Waals surface area (Å²) >= 11 is 0. The number of hydrogen-bond acceptors (Lipinski definition) is 4. The fraction of sp³-hybridized carbons (Fsp3) is 0.889. The molecule has 1 amide bonds. The second kappa shape index (κ2) is 5.95. The third kappa shape index (κ3) is 3.61. The molecule has 82 valence electrons. The summed E-state index contributed by atoms with van der Waals surface area (Å²) in [6.45, 7) is 2.07. The van der Waals surface area contributed by atoms with Crippen LogP contribution in [0.25, 0.3) is 0 Å². The number of methoxy groups -OCH3 is 1. The highest BCUT2D eigenvalue weighted by atomic mass is 16.5. The minimum Gasteiger partial charge on any atom is -0.391 e. The number of aliphatic hydroxyl groups is 1. The molecule has 1 heterocycles. The van der Waals surface area contributed by atoms with E-state index in [0.29, 0.717) is 32.7 Å². The van der Waals surface area contributed by atoms with Crippen LogP contribution in [0.4, 0.5) is 0 Å². The molecule has 1 saturated heterocycles. The lowest BCUT2D eigenvalue weighted by molar-refractivity contribution is -0.135. The number of carbonyl (C=O) groups is 1. The largest absolute Gasteiger partial charge is 0.391 e. The Morgan fingerprint density at radius 2 is 2.36 bits per heavy atom. The van der Waals surface area contributed by atoms with E-state index in [-0.39, 0.29) is 18.6 Å². The molecule has 0 bridgehead atoms. The molecule has 5 nitrogen and oxygen atoms in total. The summed E-state index contributed by atoms with van der Waals surface area (Å²) in [5, 5.41) is 9.20. The lowest BCUT2D eigenvalue weighted by Gasteiger charge is -2.15. The van der Waals surface area contributed by atoms with Crippen LogP contribution in [0.5, 0.6) is 0 Å². The van der Waals surface area contributed by atoms with E-state index in [0.717, 1.165) is 0 Å². The van der Waals surface area contributed by atoms with Gasteiger partial charge in [0.2, 0.25) is 5.91 Å². The van der Waals surface area contributed by atoms with Crippen molar-refractivity contribution in [3.8, 4) is 0 Å². The zero-order chi connectivity index (χ0) is 10.4. The van der Waals surface area contributed by atoms with Crippen molar-refractivity contribution in [2.45, 2.75) is 12.5 Å². The Hall–Kier alpha value is -0.650. The molecule has 0 unspecified atom stereocenters. The number of carbonyl (C=O) groups excluding carboxylic acids is 1. The first-order chi connectivity index (χ1) is 6.74. The Labute approximate surface area is 83.6 Å². The van der Waals surface area contributed by atoms with E-state index in [1.165, 1.54) is 0 Å². The maximum Gasteiger partial charge on any atom is 0.248 e. The number of amides is 1. The molecule has 1 aliphatic rings. The Morgan fingerprint density at radius 3 is 2.93 bits per heavy atom. The van der Waals surface area contributed by atoms with Crippen LogP contribution in [-0.2, 0) is 14.3 Å². The van der Waals surface area contributed by atoms with Crippen LogP contribution in [0, 0.1) is 0 Å². The number of hydrogen-bond donors (Lipinski definition) is 1. The van der Waals surface area contributed by atoms with Crippen LogP contribution in [0.3, 0.4) is 0 Å². The zero-order valence-electron chi connectivity index (χ0n) is 8.44. The molecule has 1 aliphatic heterocycles. The van der Waals surface area contributed by atoms with E-state index in [1.807, 2.05) is 0 Å². The average molecular weight is 203 g/mol. The first-order valence-electron chi connectivity index (χ1n) is 4.76. The molecule has 0 radical (unpaired) electrons. The van der Waals surface area contributed by atoms with E-state index >= 15 is 0 Å². The van der Waals surface area contributed by atoms with Gasteiger partial charge < -0.3 is 19.5 Å². The number of nitrogens with zero attached hydrogens (tertiary/aromatic N) is 1. The van der Waals surface area contributed by atoms with Gasteiger partial charge in [0.05, 0.1) is 19.3 Å². The Balaban J connectivity index is 2.09. The quantitative estimate of drug-likeness (QED) is 0.597. The summed E-state index contributed by atoms with van der Waals surface area (Å²) in [6, 6.07) is 0. The van der Waals surface area contributed by atoms with Crippen LogP contribution in [0.1, 0.15) is 6.42 Å². The predicted molar refractivity (Wildman–Crippen MR) is 49.9 cm³/mol. The third-order valence-corrected chi connectivity index (χ3v) is 2.17. The summed E-state index contributed by atoms with van der Waals surface area (Å²) in [5.41, 5.74) is 0. The maximum absolute atomic E-state index is 11.4. The number of aliphatic hydroxyl groups excluding tert-OH is 1. The van der Waals surface area contributed by atoms with Gasteiger partial charge in [-0.05, 0) is 6.42 Å². The zero-order valence-corrected chi connectivity index (χ0v) is 8.44. The molecule has 1 atom stereocenters. The van der Waals surface area contributed by atoms with Crippen molar-refractivity contribution in [3.63, 3.8) is 0 Å². The normalized spacial score (nSPS) is 21.6. The minimum absolute atomic E-state index is 0.0577. The molecule has 0 spiro atoms. The maximum atomic E-state index is 11.4. The Kier molecular flexibility index (Phi) is 4.86. The van der Waals surface area contributed by atoms with Gasteiger partial charge in [0.25, 0.3) is 0 Å². The Bertz CT molecular complexity index is 186. The lowest BCUT2D eigenvalue weighted by Crippen LogP contribution is -2.33. The van der Waals surface area contributed by atoms with Crippen LogP contribution >= 0.6 is 0 Å². The van der Waals surface area contributed by atoms with Gasteiger partial charge in [-0.15, -0.1) is 0 Å². The fourth-order valence-corrected chi connectivity index (χ4v) is 1.36. The summed E-state index contributed by atoms with van der Waals surface area (Å²) in [4.78, 5) is 13.0. The first kappa shape index (κ1) is 11.4. The van der Waals surface area contributed by atoms with Gasteiger partial charge in [-0.1, -0.05) is 0 Å². The van der Waals surface area contributed by atoms with Crippen LogP contribution < -0.4 is 0 Å². The average Bonchev–Trinajstić information content (AvgIpc) is 2.59. The van der Waals surface area contributed by atoms with Crippen molar-refractivity contribution in [2.75, 3.05) is 40.0 Å². The molecule has 1 rings (SSSR count). The van der Waals surface area contributed by atoms with Gasteiger partial charge in [0.1, 0.15) is 6.61 Å². The second-order valence-electron chi connectivity index (χ2n) is 3.33. The van der Waals surface area contributed by atoms with Crippen molar-refractivity contribution in [1.29, 1.82) is 0 Å². The highest BCUT2D eigenvalue weighted by Gasteiger charge is 2.24. The summed E-state index contributed by atoms with van der Waals surface area (Å²) < 4.78 is 9.86. The topological polar surface area (TPSA) is 59.0 Å². The number of ether oxygens (including phenoxy) is 2. The highest BCUT2D eigenvalue weighted by molar-refractivity contribution is 5.77. The van der Waals surface area contributed by atoms with E-state index < -0.39 is 0 Å². The number of likely N-dealkylation sites (tertiary alicyclic amines) is 1. The third-order valence-electron chi connectivity index (χ3n) is 2.17. The van der Waals surface area contributed by atoms with E-state index in [2.05, 4.69) is 0 Å². The molecule has 14 heavy (non-hydrogen) atoms. The standard InChI is InChI=1S/C9H17NO4/c1-13-4-5-14-7-9(12)10-3-2-8(11)6-10/h8,11H,2-7H2,1H3/t8-/m1/s1. The van der Waals surface area contributed by atoms with Gasteiger partial charge in [0, 0.05) is 20.2 Å². The van der Waals surface area contributed by atoms with Crippen LogP contribution in [-0.4, -0.2) is 62.0 Å². The van der Waals surface area contributed by atoms with Gasteiger partial charge in [-0.3, -0.25) is 4.79 Å². The molecule has 1 N–H and O–H groups in total. The molecule has 0 saturated carbocycles. The molecule has 1 fully saturated rings. The molecule has 0 aromatic carbocycles. The van der Waals surface area contributed by atoms with Gasteiger partial charge in [-0.2, -0.15) is 0 Å². The summed E-state index contributed by atoms with van der Waals surface area (Å²) in [6.07, 6.45) is 0.307. The molecule has 0 aliphatic carbocycles. The van der Waals surface area contributed by atoms with E-state index in [9.17, 15) is 9.90 Å². The predicted octanol–water partition coefficient (Wildman–Crippen LogP) is -0.757. The summed E-state index contributed by atoms with van der Waals surface area (Å²) in [5.74, 6) is -0.0577. The molecule has 5 heteroatoms. The van der Waals surface area contributed by atoms with Crippen molar-refractivity contribution in [3.05, 3.63) is 0 Å². The van der Waals surface area contributed by atoms with Crippen LogP contribution in [0.2, 0.25) is 0 Å². The first-order valence-corrected chi connectivity index (χ1v) is 4.76. The molecular weight excluding hydrogens is 186 g/mol. The lowest BCUT2D eigenvalue weighted by atomic mass is 10.3. The molecular formula is C9H17NO4. The van der Waals surface area contributed by atoms with Crippen LogP contribution in [0.15, 0.2) is 0 Å². The van der Waals surface area contributed by atoms with E-state index in [1.54, 1.807) is 12.0 Å². The molecule has 0 aromatic rings. The smallest absolute Gasteiger partial charge is 0.248 e. The monoisotopic (exact) mass is 203 g/mol. The van der Waals surface area contributed by atoms with E-state index in [4.69, 9.17) is 9.47 Å². The minimum atomic E-state index is -0.363. The number of rotatable bonds is 5. The van der Waals surface area contributed by atoms with Crippen molar-refractivity contribution in [2.24, 2.45) is 0 Å². The van der Waals surface area contributed by atoms with Crippen molar-refractivity contribution < 1.29 is 19.4 Å². The van der Waals surface area contributed by atoms with Crippen molar-refractivity contribution in [1.82, 2.24) is 4.90 Å². The fourth-order valence-electron chi connectivity index (χ4n) is 1.36. The SMILES string of the molecule is COCCOCC(=O)N1CC[C@@H](O)C1. The number of β-amino-alcohol motifs (C(OH)–C–C–N with tert-alkyl or cyclic N) is 1. The molecule has 0 aromatic heterocycles.